The van der Waals surface area contributed by atoms with E-state index in [0.29, 0.717) is 35.9 Å². The van der Waals surface area contributed by atoms with Crippen molar-refractivity contribution in [2.45, 2.75) is 116 Å². The smallest absolute Gasteiger partial charge is 0.307 e. The Morgan fingerprint density at radius 3 is 2.59 bits per heavy atom. The van der Waals surface area contributed by atoms with Gasteiger partial charge >= 0.3 is 5.97 Å². The van der Waals surface area contributed by atoms with Gasteiger partial charge < -0.3 is 23.9 Å². The Labute approximate surface area is 260 Å². The zero-order valence-electron chi connectivity index (χ0n) is 26.7. The van der Waals surface area contributed by atoms with E-state index in [-0.39, 0.29) is 36.2 Å². The van der Waals surface area contributed by atoms with E-state index in [2.05, 4.69) is 6.92 Å². The van der Waals surface area contributed by atoms with Crippen LogP contribution in [0.2, 0.25) is 0 Å². The predicted octanol–water partition coefficient (Wildman–Crippen LogP) is 5.85. The van der Waals surface area contributed by atoms with Crippen molar-refractivity contribution in [3.63, 3.8) is 0 Å². The Morgan fingerprint density at radius 1 is 1.07 bits per heavy atom. The zero-order chi connectivity index (χ0) is 31.1. The number of hydrogen-bond acceptors (Lipinski definition) is 8. The lowest BCUT2D eigenvalue weighted by atomic mass is 9.73. The summed E-state index contributed by atoms with van der Waals surface area (Å²) in [7, 11) is 1.62. The second kappa shape index (κ2) is 12.3. The molecule has 1 amide bonds. The lowest BCUT2D eigenvalue weighted by Gasteiger charge is -2.36. The molecule has 0 unspecified atom stereocenters. The molecule has 6 rings (SSSR count). The van der Waals surface area contributed by atoms with Crippen molar-refractivity contribution in [1.29, 1.82) is 0 Å². The monoisotopic (exact) mass is 605 g/mol. The fourth-order valence-corrected chi connectivity index (χ4v) is 8.18. The van der Waals surface area contributed by atoms with E-state index in [0.717, 1.165) is 75.3 Å². The van der Waals surface area contributed by atoms with Crippen molar-refractivity contribution in [3.8, 4) is 11.6 Å². The van der Waals surface area contributed by atoms with E-state index < -0.39 is 23.7 Å². The van der Waals surface area contributed by atoms with Crippen molar-refractivity contribution < 1.29 is 28.6 Å². The lowest BCUT2D eigenvalue weighted by Crippen LogP contribution is -2.47. The molecule has 2 bridgehead atoms. The average molecular weight is 606 g/mol. The van der Waals surface area contributed by atoms with Gasteiger partial charge in [-0.1, -0.05) is 39.5 Å². The molecule has 6 atom stereocenters. The highest BCUT2D eigenvalue weighted by atomic mass is 16.6. The third kappa shape index (κ3) is 5.91. The fraction of sp³-hybridized carbons (Fsp3) is 0.686. The number of amides is 1. The number of carbonyl (C=O) groups excluding carboxylic acids is 3. The van der Waals surface area contributed by atoms with E-state index in [1.807, 2.05) is 32.0 Å². The second-order valence-electron chi connectivity index (χ2n) is 14.1. The molecule has 9 heteroatoms. The van der Waals surface area contributed by atoms with Gasteiger partial charge in [0, 0.05) is 17.9 Å². The number of esters is 1. The maximum absolute atomic E-state index is 14.5. The molecule has 1 aromatic heterocycles. The minimum atomic E-state index is -0.634. The number of methoxy groups -OCH3 is 1. The lowest BCUT2D eigenvalue weighted by molar-refractivity contribution is -0.158. The summed E-state index contributed by atoms with van der Waals surface area (Å²) in [5, 5.41) is 0. The first-order chi connectivity index (χ1) is 21.2. The number of hydrogen-bond donors (Lipinski definition) is 0. The van der Waals surface area contributed by atoms with Crippen LogP contribution < -0.4 is 9.47 Å². The van der Waals surface area contributed by atoms with E-state index >= 15 is 0 Å². The van der Waals surface area contributed by atoms with Gasteiger partial charge in [0.05, 0.1) is 43.1 Å². The van der Waals surface area contributed by atoms with Crippen molar-refractivity contribution in [1.82, 2.24) is 14.9 Å². The summed E-state index contributed by atoms with van der Waals surface area (Å²) in [6.07, 6.45) is 10.6. The number of aryl methyl sites for hydroxylation is 1. The SMILES string of the molecule is CC[C@@H]1[C@@H]2CN(C(=O)[C@H](C3(C)CCCC3)CC(=O)O[C@]3(C)C[C@H]3CCCCCc3nc4ccc(OC)cc4nc3O2)[C@@H]1C=O. The van der Waals surface area contributed by atoms with Gasteiger partial charge in [0.25, 0.3) is 0 Å². The van der Waals surface area contributed by atoms with Crippen LogP contribution in [0.5, 0.6) is 11.6 Å². The summed E-state index contributed by atoms with van der Waals surface area (Å²) in [5.74, 6) is 0.321. The number of fused-ring (bicyclic) bond motifs is 5. The molecule has 0 radical (unpaired) electrons. The molecule has 4 aliphatic rings. The van der Waals surface area contributed by atoms with Crippen molar-refractivity contribution in [3.05, 3.63) is 23.9 Å². The minimum absolute atomic E-state index is 0.0458. The quantitative estimate of drug-likeness (QED) is 0.316. The summed E-state index contributed by atoms with van der Waals surface area (Å²) in [4.78, 5) is 52.1. The summed E-state index contributed by atoms with van der Waals surface area (Å²) in [6.45, 7) is 6.45. The van der Waals surface area contributed by atoms with E-state index in [1.165, 1.54) is 0 Å². The van der Waals surface area contributed by atoms with Crippen LogP contribution in [0.3, 0.4) is 0 Å². The highest BCUT2D eigenvalue weighted by molar-refractivity contribution is 5.87. The van der Waals surface area contributed by atoms with Gasteiger partial charge in [-0.3, -0.25) is 9.59 Å². The Morgan fingerprint density at radius 2 is 1.86 bits per heavy atom. The number of rotatable bonds is 4. The molecule has 44 heavy (non-hydrogen) atoms. The van der Waals surface area contributed by atoms with Gasteiger partial charge in [-0.2, -0.15) is 0 Å². The first-order valence-electron chi connectivity index (χ1n) is 16.7. The van der Waals surface area contributed by atoms with Gasteiger partial charge in [-0.05, 0) is 69.4 Å². The molecular formula is C35H47N3O6. The van der Waals surface area contributed by atoms with Crippen LogP contribution >= 0.6 is 0 Å². The number of benzene rings is 1. The van der Waals surface area contributed by atoms with Gasteiger partial charge in [0.15, 0.2) is 0 Å². The predicted molar refractivity (Wildman–Crippen MR) is 165 cm³/mol. The Kier molecular flexibility index (Phi) is 8.59. The van der Waals surface area contributed by atoms with E-state index in [1.54, 1.807) is 12.0 Å². The number of carbonyl (C=O) groups is 3. The van der Waals surface area contributed by atoms with Crippen LogP contribution in [0.15, 0.2) is 18.2 Å². The first-order valence-corrected chi connectivity index (χ1v) is 16.7. The van der Waals surface area contributed by atoms with Crippen molar-refractivity contribution in [2.24, 2.45) is 23.2 Å². The van der Waals surface area contributed by atoms with E-state index in [9.17, 15) is 14.4 Å². The Balaban J connectivity index is 1.37. The van der Waals surface area contributed by atoms with Gasteiger partial charge in [-0.15, -0.1) is 0 Å². The number of nitrogens with zero attached hydrogens (tertiary/aromatic N) is 3. The summed E-state index contributed by atoms with van der Waals surface area (Å²) in [6, 6.07) is 5.02. The van der Waals surface area contributed by atoms with E-state index in [4.69, 9.17) is 24.2 Å². The number of aromatic nitrogens is 2. The average Bonchev–Trinajstić information content (AvgIpc) is 3.30. The van der Waals surface area contributed by atoms with Gasteiger partial charge in [0.1, 0.15) is 29.4 Å². The second-order valence-corrected chi connectivity index (χ2v) is 14.1. The third-order valence-corrected chi connectivity index (χ3v) is 11.1. The molecule has 3 heterocycles. The highest BCUT2D eigenvalue weighted by Crippen LogP contribution is 2.51. The van der Waals surface area contributed by atoms with Crippen molar-refractivity contribution in [2.75, 3.05) is 13.7 Å². The standard InChI is InChI=1S/C35H47N3O6/c1-5-24-29(21-39)38-20-30(24)43-32-27(36-26-14-13-23(42-4)17-28(26)37-32)12-8-6-7-11-22-19-35(22,3)44-31(40)18-25(33(38)41)34(2)15-9-10-16-34/h13-14,17,21-22,24-25,29-30H,5-12,15-16,18-20H2,1-4H3/t22-,24+,25-,29-,30+,35-/m1/s1. The largest absolute Gasteiger partial charge is 0.497 e. The summed E-state index contributed by atoms with van der Waals surface area (Å²) >= 11 is 0. The number of aldehydes is 1. The molecule has 0 N–H and O–H groups in total. The maximum atomic E-state index is 14.5. The first kappa shape index (κ1) is 30.8. The molecule has 2 aliphatic carbocycles. The minimum Gasteiger partial charge on any atom is -0.497 e. The molecule has 2 saturated carbocycles. The van der Waals surface area contributed by atoms with Crippen molar-refractivity contribution >= 4 is 29.2 Å². The van der Waals surface area contributed by atoms with Crippen LogP contribution in [-0.4, -0.2) is 64.4 Å². The fourth-order valence-electron chi connectivity index (χ4n) is 8.18. The molecule has 238 valence electrons. The van der Waals surface area contributed by atoms with Gasteiger partial charge in [0.2, 0.25) is 11.8 Å². The normalized spacial score (nSPS) is 32.5. The third-order valence-electron chi connectivity index (χ3n) is 11.1. The Hall–Kier alpha value is -3.23. The maximum Gasteiger partial charge on any atom is 0.307 e. The molecule has 1 aromatic carbocycles. The topological polar surface area (TPSA) is 108 Å². The summed E-state index contributed by atoms with van der Waals surface area (Å²) in [5.41, 5.74) is 1.49. The molecule has 0 spiro atoms. The van der Waals surface area contributed by atoms with Crippen LogP contribution in [0, 0.1) is 23.2 Å². The molecule has 9 nitrogen and oxygen atoms in total. The molecular weight excluding hydrogens is 558 g/mol. The highest BCUT2D eigenvalue weighted by Gasteiger charge is 2.55. The van der Waals surface area contributed by atoms with Crippen LogP contribution in [-0.2, 0) is 25.5 Å². The summed E-state index contributed by atoms with van der Waals surface area (Å²) < 4.78 is 18.2. The van der Waals surface area contributed by atoms with Crippen LogP contribution in [0.4, 0.5) is 0 Å². The molecule has 2 aliphatic heterocycles. The van der Waals surface area contributed by atoms with Crippen LogP contribution in [0.25, 0.3) is 11.0 Å². The molecule has 2 aromatic rings. The van der Waals surface area contributed by atoms with Crippen LogP contribution in [0.1, 0.15) is 97.1 Å². The Bertz CT molecular complexity index is 1410. The number of ether oxygens (including phenoxy) is 3. The van der Waals surface area contributed by atoms with Gasteiger partial charge in [-0.25, -0.2) is 9.97 Å². The molecule has 3 fully saturated rings. The zero-order valence-corrected chi connectivity index (χ0v) is 26.7. The molecule has 1 saturated heterocycles.